The summed E-state index contributed by atoms with van der Waals surface area (Å²) in [5, 5.41) is 2.98. The highest BCUT2D eigenvalue weighted by atomic mass is 19.1. The average Bonchev–Trinajstić information content (AvgIpc) is 2.76. The third-order valence-electron chi connectivity index (χ3n) is 4.64. The van der Waals surface area contributed by atoms with E-state index in [1.165, 1.54) is 0 Å². The van der Waals surface area contributed by atoms with Crippen LogP contribution in [0.4, 0.5) is 9.18 Å². The fraction of sp³-hybridized carbons (Fsp3) is 0.875. The van der Waals surface area contributed by atoms with Crippen molar-refractivity contribution in [3.05, 3.63) is 0 Å². The Kier molecular flexibility index (Phi) is 4.89. The van der Waals surface area contributed by atoms with E-state index in [1.807, 2.05) is 20.8 Å². The summed E-state index contributed by atoms with van der Waals surface area (Å²) < 4.78 is 25.7. The van der Waals surface area contributed by atoms with Gasteiger partial charge in [0.15, 0.2) is 0 Å². The highest BCUT2D eigenvalue weighted by molar-refractivity contribution is 5.82. The molecule has 0 aromatic rings. The summed E-state index contributed by atoms with van der Waals surface area (Å²) in [5.41, 5.74) is -3.39. The van der Waals surface area contributed by atoms with Crippen molar-refractivity contribution < 1.29 is 23.5 Å². The van der Waals surface area contributed by atoms with Gasteiger partial charge in [-0.05, 0) is 40.5 Å². The molecule has 2 rings (SSSR count). The molecule has 0 bridgehead atoms. The molecule has 1 spiro atoms. The zero-order valence-corrected chi connectivity index (χ0v) is 14.4. The first-order valence-corrected chi connectivity index (χ1v) is 8.18. The second kappa shape index (κ2) is 6.26. The number of esters is 1. The Balaban J connectivity index is 2.04. The predicted octanol–water partition coefficient (Wildman–Crippen LogP) is 1.88. The van der Waals surface area contributed by atoms with Crippen LogP contribution in [0.2, 0.25) is 0 Å². The number of nitrogens with one attached hydrogen (secondary N) is 1. The first-order chi connectivity index (χ1) is 10.6. The van der Waals surface area contributed by atoms with Crippen LogP contribution >= 0.6 is 0 Å². The maximum atomic E-state index is 15.4. The number of hydrogen-bond donors (Lipinski definition) is 1. The van der Waals surface area contributed by atoms with Crippen LogP contribution in [0.1, 0.15) is 40.5 Å². The number of alkyl halides is 1. The molecule has 0 aliphatic carbocycles. The molecule has 2 aliphatic rings. The van der Waals surface area contributed by atoms with Gasteiger partial charge in [-0.25, -0.2) is 14.0 Å². The lowest BCUT2D eigenvalue weighted by atomic mass is 9.69. The molecule has 6 nitrogen and oxygen atoms in total. The molecule has 2 saturated heterocycles. The van der Waals surface area contributed by atoms with Gasteiger partial charge in [-0.3, -0.25) is 0 Å². The van der Waals surface area contributed by atoms with Crippen LogP contribution in [0, 0.1) is 5.41 Å². The molecular formula is C16H27FN2O4. The first-order valence-electron chi connectivity index (χ1n) is 8.18. The average molecular weight is 330 g/mol. The molecule has 1 atom stereocenters. The minimum atomic E-state index is -2.02. The molecule has 132 valence electrons. The van der Waals surface area contributed by atoms with E-state index < -0.39 is 22.7 Å². The van der Waals surface area contributed by atoms with Crippen molar-refractivity contribution in [2.75, 3.05) is 32.8 Å². The largest absolute Gasteiger partial charge is 0.464 e. The summed E-state index contributed by atoms with van der Waals surface area (Å²) in [6.45, 7) is 8.40. The summed E-state index contributed by atoms with van der Waals surface area (Å²) in [4.78, 5) is 25.8. The van der Waals surface area contributed by atoms with Gasteiger partial charge < -0.3 is 19.7 Å². The highest BCUT2D eigenvalue weighted by Gasteiger charge is 2.62. The van der Waals surface area contributed by atoms with Gasteiger partial charge in [0.05, 0.1) is 6.61 Å². The molecule has 7 heteroatoms. The van der Waals surface area contributed by atoms with E-state index in [0.29, 0.717) is 32.5 Å². The number of rotatable bonds is 2. The van der Waals surface area contributed by atoms with Crippen molar-refractivity contribution in [1.29, 1.82) is 0 Å². The Morgan fingerprint density at radius 2 is 1.83 bits per heavy atom. The molecule has 2 aliphatic heterocycles. The summed E-state index contributed by atoms with van der Waals surface area (Å²) in [5.74, 6) is -0.796. The van der Waals surface area contributed by atoms with Crippen LogP contribution in [0.15, 0.2) is 0 Å². The molecule has 2 heterocycles. The van der Waals surface area contributed by atoms with Crippen molar-refractivity contribution in [2.24, 2.45) is 5.41 Å². The Hall–Kier alpha value is -1.37. The fourth-order valence-electron chi connectivity index (χ4n) is 3.35. The zero-order chi connectivity index (χ0) is 17.3. The van der Waals surface area contributed by atoms with Crippen LogP contribution in [-0.4, -0.2) is 61.0 Å². The monoisotopic (exact) mass is 330 g/mol. The number of likely N-dealkylation sites (tertiary alicyclic amines) is 1. The number of carbonyl (C=O) groups excluding carboxylic acids is 2. The van der Waals surface area contributed by atoms with E-state index in [4.69, 9.17) is 9.47 Å². The summed E-state index contributed by atoms with van der Waals surface area (Å²) in [6.07, 6.45) is 0.433. The van der Waals surface area contributed by atoms with E-state index in [1.54, 1.807) is 11.8 Å². The maximum Gasteiger partial charge on any atom is 0.410 e. The number of nitrogens with zero attached hydrogens (tertiary/aromatic N) is 1. The van der Waals surface area contributed by atoms with E-state index in [2.05, 4.69) is 5.32 Å². The van der Waals surface area contributed by atoms with Gasteiger partial charge in [-0.1, -0.05) is 0 Å². The van der Waals surface area contributed by atoms with Gasteiger partial charge in [0.2, 0.25) is 5.67 Å². The third-order valence-corrected chi connectivity index (χ3v) is 4.64. The standard InChI is InChI=1S/C16H27FN2O4/c1-5-22-12(20)16(17)11-18-10-15(16)6-8-19(9-7-15)13(21)23-14(2,3)4/h18H,5-11H2,1-4H3. The molecule has 1 amide bonds. The lowest BCUT2D eigenvalue weighted by Gasteiger charge is -2.44. The molecule has 23 heavy (non-hydrogen) atoms. The number of hydrogen-bond acceptors (Lipinski definition) is 5. The minimum Gasteiger partial charge on any atom is -0.464 e. The van der Waals surface area contributed by atoms with E-state index in [0.717, 1.165) is 0 Å². The second-order valence-corrected chi connectivity index (χ2v) is 7.37. The van der Waals surface area contributed by atoms with E-state index in [9.17, 15) is 9.59 Å². The van der Waals surface area contributed by atoms with Gasteiger partial charge in [-0.15, -0.1) is 0 Å². The molecule has 0 aromatic heterocycles. The Labute approximate surface area is 136 Å². The maximum absolute atomic E-state index is 15.4. The van der Waals surface area contributed by atoms with Crippen molar-refractivity contribution in [1.82, 2.24) is 10.2 Å². The van der Waals surface area contributed by atoms with Crippen LogP contribution < -0.4 is 5.32 Å². The van der Waals surface area contributed by atoms with Gasteiger partial charge in [-0.2, -0.15) is 0 Å². The lowest BCUT2D eigenvalue weighted by Crippen LogP contribution is -2.56. The quantitative estimate of drug-likeness (QED) is 0.783. The van der Waals surface area contributed by atoms with Gasteiger partial charge >= 0.3 is 12.1 Å². The number of piperidine rings is 1. The number of halogens is 1. The Morgan fingerprint density at radius 3 is 2.35 bits per heavy atom. The third kappa shape index (κ3) is 3.44. The molecule has 0 saturated carbocycles. The van der Waals surface area contributed by atoms with Crippen molar-refractivity contribution in [3.8, 4) is 0 Å². The van der Waals surface area contributed by atoms with Crippen molar-refractivity contribution >= 4 is 12.1 Å². The SMILES string of the molecule is CCOC(=O)C1(F)CNCC12CCN(C(=O)OC(C)(C)C)CC2. The van der Waals surface area contributed by atoms with E-state index in [-0.39, 0.29) is 19.2 Å². The number of ether oxygens (including phenoxy) is 2. The lowest BCUT2D eigenvalue weighted by molar-refractivity contribution is -0.166. The van der Waals surface area contributed by atoms with Crippen LogP contribution in [0.25, 0.3) is 0 Å². The molecule has 1 N–H and O–H groups in total. The minimum absolute atomic E-state index is 0.0295. The Bertz CT molecular complexity index is 469. The molecular weight excluding hydrogens is 303 g/mol. The van der Waals surface area contributed by atoms with Crippen molar-refractivity contribution in [3.63, 3.8) is 0 Å². The number of carbonyl (C=O) groups is 2. The zero-order valence-electron chi connectivity index (χ0n) is 14.4. The molecule has 0 aromatic carbocycles. The molecule has 2 fully saturated rings. The number of amides is 1. The highest BCUT2D eigenvalue weighted by Crippen LogP contribution is 2.47. The summed E-state index contributed by atoms with van der Waals surface area (Å²) >= 11 is 0. The topological polar surface area (TPSA) is 67.9 Å². The van der Waals surface area contributed by atoms with Crippen LogP contribution in [0.5, 0.6) is 0 Å². The second-order valence-electron chi connectivity index (χ2n) is 7.37. The summed E-state index contributed by atoms with van der Waals surface area (Å²) in [7, 11) is 0. The first kappa shape index (κ1) is 18.0. The van der Waals surface area contributed by atoms with Gasteiger partial charge in [0.25, 0.3) is 0 Å². The predicted molar refractivity (Wildman–Crippen MR) is 82.8 cm³/mol. The molecule has 1 unspecified atom stereocenters. The van der Waals surface area contributed by atoms with Gasteiger partial charge in [0.1, 0.15) is 5.60 Å². The fourth-order valence-corrected chi connectivity index (χ4v) is 3.35. The normalized spacial score (nSPS) is 27.1. The van der Waals surface area contributed by atoms with Gasteiger partial charge in [0, 0.05) is 31.6 Å². The van der Waals surface area contributed by atoms with Crippen molar-refractivity contribution in [2.45, 2.75) is 51.8 Å². The molecule has 0 radical (unpaired) electrons. The Morgan fingerprint density at radius 1 is 1.22 bits per heavy atom. The van der Waals surface area contributed by atoms with E-state index >= 15 is 4.39 Å². The van der Waals surface area contributed by atoms with Crippen LogP contribution in [0.3, 0.4) is 0 Å². The van der Waals surface area contributed by atoms with Crippen LogP contribution in [-0.2, 0) is 14.3 Å². The smallest absolute Gasteiger partial charge is 0.410 e. The summed E-state index contributed by atoms with van der Waals surface area (Å²) in [6, 6.07) is 0.